The Labute approximate surface area is 124 Å². The monoisotopic (exact) mass is 373 g/mol. The van der Waals surface area contributed by atoms with Crippen LogP contribution < -0.4 is 10.9 Å². The van der Waals surface area contributed by atoms with E-state index in [1.165, 1.54) is 12.0 Å². The first-order valence-electron chi connectivity index (χ1n) is 6.06. The molecule has 0 aliphatic rings. The van der Waals surface area contributed by atoms with Gasteiger partial charge in [-0.15, -0.1) is 0 Å². The normalized spacial score (nSPS) is 10.7. The van der Waals surface area contributed by atoms with Crippen LogP contribution in [-0.4, -0.2) is 26.3 Å². The summed E-state index contributed by atoms with van der Waals surface area (Å²) in [5.41, 5.74) is 2.09. The van der Waals surface area contributed by atoms with Gasteiger partial charge in [0.1, 0.15) is 9.39 Å². The van der Waals surface area contributed by atoms with E-state index in [9.17, 15) is 4.79 Å². The van der Waals surface area contributed by atoms with Crippen LogP contribution in [0.1, 0.15) is 17.8 Å². The van der Waals surface area contributed by atoms with Crippen LogP contribution in [0.4, 0.5) is 5.82 Å². The molecule has 0 atom stereocenters. The summed E-state index contributed by atoms with van der Waals surface area (Å²) in [7, 11) is 0. The van der Waals surface area contributed by atoms with Crippen LogP contribution in [0, 0.1) is 17.4 Å². The second-order valence-electron chi connectivity index (χ2n) is 4.32. The van der Waals surface area contributed by atoms with Gasteiger partial charge in [-0.2, -0.15) is 5.10 Å². The van der Waals surface area contributed by atoms with E-state index in [0.717, 1.165) is 25.2 Å². The van der Waals surface area contributed by atoms with Crippen molar-refractivity contribution in [2.24, 2.45) is 0 Å². The van der Waals surface area contributed by atoms with Gasteiger partial charge in [0.15, 0.2) is 0 Å². The average Bonchev–Trinajstić information content (AvgIpc) is 2.68. The Morgan fingerprint density at radius 3 is 2.95 bits per heavy atom. The van der Waals surface area contributed by atoms with Gasteiger partial charge in [0.25, 0.3) is 5.56 Å². The molecule has 0 aliphatic heterocycles. The maximum Gasteiger partial charge on any atom is 0.266 e. The number of anilines is 1. The third-order valence-corrected chi connectivity index (χ3v) is 3.74. The molecule has 0 saturated heterocycles. The molecular formula is C12H16IN5O. The van der Waals surface area contributed by atoms with Crippen molar-refractivity contribution in [2.45, 2.75) is 26.8 Å². The SMILES string of the molecule is Cc1cc(C)n(CCCNc2nc[nH]c(=O)c2I)n1. The third-order valence-electron chi connectivity index (χ3n) is 2.74. The zero-order valence-corrected chi connectivity index (χ0v) is 13.1. The predicted molar refractivity (Wildman–Crippen MR) is 82.4 cm³/mol. The zero-order valence-electron chi connectivity index (χ0n) is 10.9. The average molecular weight is 373 g/mol. The van der Waals surface area contributed by atoms with Crippen molar-refractivity contribution >= 4 is 28.4 Å². The molecule has 0 aromatic carbocycles. The number of hydrogen-bond donors (Lipinski definition) is 2. The van der Waals surface area contributed by atoms with Gasteiger partial charge in [0.05, 0.1) is 12.0 Å². The molecular weight excluding hydrogens is 357 g/mol. The molecule has 2 rings (SSSR count). The van der Waals surface area contributed by atoms with Crippen molar-refractivity contribution in [3.05, 3.63) is 37.7 Å². The van der Waals surface area contributed by atoms with Crippen molar-refractivity contribution < 1.29 is 0 Å². The Kier molecular flexibility index (Phi) is 4.56. The molecule has 0 fully saturated rings. The maximum atomic E-state index is 11.4. The highest BCUT2D eigenvalue weighted by atomic mass is 127. The van der Waals surface area contributed by atoms with Crippen LogP contribution in [0.5, 0.6) is 0 Å². The summed E-state index contributed by atoms with van der Waals surface area (Å²) in [5, 5.41) is 7.57. The van der Waals surface area contributed by atoms with Gasteiger partial charge in [-0.3, -0.25) is 9.48 Å². The fourth-order valence-corrected chi connectivity index (χ4v) is 2.33. The van der Waals surface area contributed by atoms with Crippen molar-refractivity contribution in [1.82, 2.24) is 19.7 Å². The quantitative estimate of drug-likeness (QED) is 0.618. The second-order valence-corrected chi connectivity index (χ2v) is 5.40. The first-order chi connectivity index (χ1) is 9.08. The fraction of sp³-hybridized carbons (Fsp3) is 0.417. The summed E-state index contributed by atoms with van der Waals surface area (Å²) in [6, 6.07) is 2.06. The third kappa shape index (κ3) is 3.55. The molecule has 0 amide bonds. The molecule has 102 valence electrons. The summed E-state index contributed by atoms with van der Waals surface area (Å²) in [6.07, 6.45) is 2.33. The largest absolute Gasteiger partial charge is 0.369 e. The molecule has 0 bridgehead atoms. The fourth-order valence-electron chi connectivity index (χ4n) is 1.84. The maximum absolute atomic E-state index is 11.4. The molecule has 0 unspecified atom stereocenters. The van der Waals surface area contributed by atoms with Gasteiger partial charge in [-0.1, -0.05) is 0 Å². The Morgan fingerprint density at radius 1 is 1.47 bits per heavy atom. The van der Waals surface area contributed by atoms with E-state index < -0.39 is 0 Å². The molecule has 2 aromatic heterocycles. The number of hydrogen-bond acceptors (Lipinski definition) is 4. The molecule has 0 saturated carbocycles. The van der Waals surface area contributed by atoms with E-state index in [4.69, 9.17) is 0 Å². The lowest BCUT2D eigenvalue weighted by molar-refractivity contribution is 0.573. The second kappa shape index (κ2) is 6.18. The van der Waals surface area contributed by atoms with Gasteiger partial charge in [-0.25, -0.2) is 4.98 Å². The minimum absolute atomic E-state index is 0.114. The van der Waals surface area contributed by atoms with Crippen LogP contribution >= 0.6 is 22.6 Å². The topological polar surface area (TPSA) is 75.6 Å². The number of nitrogens with one attached hydrogen (secondary N) is 2. The number of nitrogens with zero attached hydrogens (tertiary/aromatic N) is 3. The van der Waals surface area contributed by atoms with Crippen molar-refractivity contribution in [1.29, 1.82) is 0 Å². The lowest BCUT2D eigenvalue weighted by Crippen LogP contribution is -2.16. The molecule has 7 heteroatoms. The van der Waals surface area contributed by atoms with E-state index >= 15 is 0 Å². The number of aromatic amines is 1. The highest BCUT2D eigenvalue weighted by molar-refractivity contribution is 14.1. The number of rotatable bonds is 5. The number of aromatic nitrogens is 4. The standard InChI is InChI=1S/C12H16IN5O/c1-8-6-9(2)18(17-8)5-3-4-14-11-10(13)12(19)16-7-15-11/h6-7H,3-5H2,1-2H3,(H2,14,15,16,19). The van der Waals surface area contributed by atoms with Crippen LogP contribution in [0.2, 0.25) is 0 Å². The lowest BCUT2D eigenvalue weighted by atomic mass is 10.4. The van der Waals surface area contributed by atoms with E-state index in [1.807, 2.05) is 34.2 Å². The van der Waals surface area contributed by atoms with Crippen molar-refractivity contribution in [3.8, 4) is 0 Å². The van der Waals surface area contributed by atoms with Gasteiger partial charge in [0.2, 0.25) is 0 Å². The highest BCUT2D eigenvalue weighted by Gasteiger charge is 2.04. The Balaban J connectivity index is 1.86. The minimum atomic E-state index is -0.114. The minimum Gasteiger partial charge on any atom is -0.369 e. The van der Waals surface area contributed by atoms with Crippen LogP contribution in [0.25, 0.3) is 0 Å². The van der Waals surface area contributed by atoms with Gasteiger partial charge < -0.3 is 10.3 Å². The molecule has 6 nitrogen and oxygen atoms in total. The first-order valence-corrected chi connectivity index (χ1v) is 7.14. The van der Waals surface area contributed by atoms with E-state index in [1.54, 1.807) is 0 Å². The molecule has 2 heterocycles. The van der Waals surface area contributed by atoms with Crippen LogP contribution in [0.3, 0.4) is 0 Å². The van der Waals surface area contributed by atoms with Crippen molar-refractivity contribution in [2.75, 3.05) is 11.9 Å². The Bertz CT molecular complexity index is 619. The van der Waals surface area contributed by atoms with Gasteiger partial charge in [-0.05, 0) is 48.9 Å². The van der Waals surface area contributed by atoms with E-state index in [2.05, 4.69) is 33.4 Å². The smallest absolute Gasteiger partial charge is 0.266 e. The van der Waals surface area contributed by atoms with Gasteiger partial charge in [0, 0.05) is 18.8 Å². The van der Waals surface area contributed by atoms with Crippen molar-refractivity contribution in [3.63, 3.8) is 0 Å². The van der Waals surface area contributed by atoms with Crippen LogP contribution in [-0.2, 0) is 6.54 Å². The summed E-state index contributed by atoms with van der Waals surface area (Å²) < 4.78 is 2.58. The highest BCUT2D eigenvalue weighted by Crippen LogP contribution is 2.09. The Morgan fingerprint density at radius 2 is 2.26 bits per heavy atom. The predicted octanol–water partition coefficient (Wildman–Crippen LogP) is 1.69. The number of halogens is 1. The number of H-pyrrole nitrogens is 1. The summed E-state index contributed by atoms with van der Waals surface area (Å²) in [6.45, 7) is 5.65. The van der Waals surface area contributed by atoms with Gasteiger partial charge >= 0.3 is 0 Å². The zero-order chi connectivity index (χ0) is 13.8. The molecule has 0 aliphatic carbocycles. The molecule has 2 aromatic rings. The number of aryl methyl sites for hydroxylation is 3. The summed E-state index contributed by atoms with van der Waals surface area (Å²) in [4.78, 5) is 18.0. The lowest BCUT2D eigenvalue weighted by Gasteiger charge is -2.07. The molecule has 2 N–H and O–H groups in total. The molecule has 0 radical (unpaired) electrons. The van der Waals surface area contributed by atoms with E-state index in [0.29, 0.717) is 9.39 Å². The summed E-state index contributed by atoms with van der Waals surface area (Å²) >= 11 is 1.99. The Hall–Kier alpha value is -1.38. The van der Waals surface area contributed by atoms with E-state index in [-0.39, 0.29) is 5.56 Å². The first kappa shape index (κ1) is 14.0. The molecule has 0 spiro atoms. The molecule has 19 heavy (non-hydrogen) atoms. The van der Waals surface area contributed by atoms with Crippen LogP contribution in [0.15, 0.2) is 17.2 Å². The summed E-state index contributed by atoms with van der Waals surface area (Å²) in [5.74, 6) is 0.637.